The molecular weight excluding hydrogens is 258 g/mol. The maximum Gasteiger partial charge on any atom is 0.272 e. The lowest BCUT2D eigenvalue weighted by atomic mass is 10.1. The van der Waals surface area contributed by atoms with Gasteiger partial charge in [-0.15, -0.1) is 0 Å². The van der Waals surface area contributed by atoms with Gasteiger partial charge in [0.25, 0.3) is 5.91 Å². The summed E-state index contributed by atoms with van der Waals surface area (Å²) in [5.41, 5.74) is 4.93. The molecule has 0 fully saturated rings. The number of hydrogen-bond acceptors (Lipinski definition) is 2. The van der Waals surface area contributed by atoms with E-state index in [9.17, 15) is 4.79 Å². The first-order chi connectivity index (χ1) is 7.27. The van der Waals surface area contributed by atoms with Crippen LogP contribution in [0.2, 0.25) is 0 Å². The van der Waals surface area contributed by atoms with Crippen molar-refractivity contribution in [1.82, 2.24) is 10.4 Å². The van der Waals surface area contributed by atoms with Gasteiger partial charge in [-0.25, -0.2) is 5.43 Å². The smallest absolute Gasteiger partial charge is 0.272 e. The van der Waals surface area contributed by atoms with Gasteiger partial charge in [0, 0.05) is 16.5 Å². The summed E-state index contributed by atoms with van der Waals surface area (Å²) in [5, 5.41) is 4.76. The number of H-pyrrole nitrogens is 1. The fourth-order valence-corrected chi connectivity index (χ4v) is 2.28. The fraction of sp³-hybridized carbons (Fsp3) is 0. The van der Waals surface area contributed by atoms with E-state index in [2.05, 4.69) is 31.4 Å². The van der Waals surface area contributed by atoms with Crippen molar-refractivity contribution in [3.63, 3.8) is 0 Å². The van der Waals surface area contributed by atoms with Gasteiger partial charge in [-0.3, -0.25) is 4.79 Å². The summed E-state index contributed by atoms with van der Waals surface area (Å²) in [5.74, 6) is -0.179. The Morgan fingerprint density at radius 2 is 2.20 bits per heavy atom. The molecule has 0 bridgehead atoms. The largest absolute Gasteiger partial charge is 0.349 e. The zero-order valence-electron chi connectivity index (χ0n) is 7.54. The first-order valence-electron chi connectivity index (χ1n) is 4.41. The summed E-state index contributed by atoms with van der Waals surface area (Å²) in [7, 11) is 0. The number of carbonyl (C=O) groups excluding carboxylic acids is 1. The Hall–Kier alpha value is -1.62. The molecule has 0 aliphatic carbocycles. The van der Waals surface area contributed by atoms with Crippen molar-refractivity contribution < 1.29 is 4.79 Å². The molecule has 1 aliphatic heterocycles. The Morgan fingerprint density at radius 1 is 1.33 bits per heavy atom. The van der Waals surface area contributed by atoms with Crippen molar-refractivity contribution in [2.24, 2.45) is 5.10 Å². The molecule has 0 radical (unpaired) electrons. The van der Waals surface area contributed by atoms with Crippen LogP contribution < -0.4 is 5.43 Å². The summed E-state index contributed by atoms with van der Waals surface area (Å²) < 4.78 is 0.838. The predicted octanol–water partition coefficient (Wildman–Crippen LogP) is 2.01. The van der Waals surface area contributed by atoms with Crippen molar-refractivity contribution in [2.45, 2.75) is 0 Å². The zero-order chi connectivity index (χ0) is 10.4. The third-order valence-corrected chi connectivity index (χ3v) is 3.04. The minimum Gasteiger partial charge on any atom is -0.349 e. The number of amides is 1. The van der Waals surface area contributed by atoms with Gasteiger partial charge in [-0.05, 0) is 28.1 Å². The molecule has 0 unspecified atom stereocenters. The van der Waals surface area contributed by atoms with Crippen LogP contribution in [0.5, 0.6) is 0 Å². The number of carbonyl (C=O) groups is 1. The number of hydrogen-bond donors (Lipinski definition) is 2. The van der Waals surface area contributed by atoms with E-state index >= 15 is 0 Å². The fourth-order valence-electron chi connectivity index (χ4n) is 1.77. The number of aromatic amines is 1. The summed E-state index contributed by atoms with van der Waals surface area (Å²) in [6.45, 7) is 0. The average molecular weight is 264 g/mol. The molecule has 1 aromatic carbocycles. The lowest BCUT2D eigenvalue weighted by molar-refractivity contribution is 0.0957. The van der Waals surface area contributed by atoms with E-state index in [1.807, 2.05) is 12.1 Å². The molecule has 0 saturated carbocycles. The number of nitrogens with zero attached hydrogens (tertiary/aromatic N) is 1. The molecular formula is C10H6BrN3O. The molecule has 74 valence electrons. The number of aromatic nitrogens is 1. The number of hydrazone groups is 1. The quantitative estimate of drug-likeness (QED) is 0.751. The Balaban J connectivity index is 2.54. The van der Waals surface area contributed by atoms with Crippen LogP contribution in [0.3, 0.4) is 0 Å². The molecule has 5 heteroatoms. The zero-order valence-corrected chi connectivity index (χ0v) is 9.13. The Bertz CT molecular complexity index is 600. The van der Waals surface area contributed by atoms with Crippen LogP contribution in [0, 0.1) is 0 Å². The van der Waals surface area contributed by atoms with Crippen LogP contribution in [0.4, 0.5) is 0 Å². The van der Waals surface area contributed by atoms with Gasteiger partial charge in [0.05, 0.1) is 16.4 Å². The van der Waals surface area contributed by atoms with Crippen LogP contribution in [-0.2, 0) is 0 Å². The van der Waals surface area contributed by atoms with Gasteiger partial charge in [0.2, 0.25) is 0 Å². The van der Waals surface area contributed by atoms with Gasteiger partial charge >= 0.3 is 0 Å². The van der Waals surface area contributed by atoms with E-state index in [1.165, 1.54) is 0 Å². The highest BCUT2D eigenvalue weighted by Gasteiger charge is 2.18. The molecule has 0 atom stereocenters. The standard InChI is InChI=1S/C10H6BrN3O/c11-9-6-4-12-14-10(15)5-2-1-3-7(13-9)8(5)6/h1-4,13H,(H,14,15). The second-order valence-corrected chi connectivity index (χ2v) is 4.07. The lowest BCUT2D eigenvalue weighted by Crippen LogP contribution is -2.16. The van der Waals surface area contributed by atoms with E-state index in [0.29, 0.717) is 5.56 Å². The lowest BCUT2D eigenvalue weighted by Gasteiger charge is -1.98. The monoisotopic (exact) mass is 263 g/mol. The molecule has 1 amide bonds. The van der Waals surface area contributed by atoms with Crippen LogP contribution >= 0.6 is 15.9 Å². The third kappa shape index (κ3) is 1.13. The summed E-state index contributed by atoms with van der Waals surface area (Å²) >= 11 is 3.41. The van der Waals surface area contributed by atoms with E-state index in [0.717, 1.165) is 21.1 Å². The minimum atomic E-state index is -0.179. The highest BCUT2D eigenvalue weighted by atomic mass is 79.9. The van der Waals surface area contributed by atoms with Crippen LogP contribution in [-0.4, -0.2) is 17.1 Å². The van der Waals surface area contributed by atoms with Crippen molar-refractivity contribution >= 4 is 39.0 Å². The van der Waals surface area contributed by atoms with Gasteiger partial charge in [0.15, 0.2) is 0 Å². The van der Waals surface area contributed by atoms with Crippen molar-refractivity contribution in [2.75, 3.05) is 0 Å². The molecule has 1 aromatic heterocycles. The van der Waals surface area contributed by atoms with Crippen molar-refractivity contribution in [1.29, 1.82) is 0 Å². The van der Waals surface area contributed by atoms with E-state index in [4.69, 9.17) is 0 Å². The van der Waals surface area contributed by atoms with E-state index in [-0.39, 0.29) is 5.91 Å². The summed E-state index contributed by atoms with van der Waals surface area (Å²) in [6.07, 6.45) is 1.64. The van der Waals surface area contributed by atoms with Crippen LogP contribution in [0.15, 0.2) is 27.9 Å². The Morgan fingerprint density at radius 3 is 3.07 bits per heavy atom. The number of rotatable bonds is 0. The molecule has 2 aromatic rings. The Kier molecular flexibility index (Phi) is 1.70. The minimum absolute atomic E-state index is 0.179. The van der Waals surface area contributed by atoms with Crippen molar-refractivity contribution in [3.8, 4) is 0 Å². The molecule has 15 heavy (non-hydrogen) atoms. The molecule has 0 spiro atoms. The van der Waals surface area contributed by atoms with Crippen LogP contribution in [0.25, 0.3) is 10.9 Å². The predicted molar refractivity (Wildman–Crippen MR) is 61.1 cm³/mol. The number of benzene rings is 1. The maximum absolute atomic E-state index is 11.6. The van der Waals surface area contributed by atoms with Gasteiger partial charge in [-0.1, -0.05) is 6.07 Å². The topological polar surface area (TPSA) is 57.2 Å². The highest BCUT2D eigenvalue weighted by molar-refractivity contribution is 9.10. The Labute approximate surface area is 93.5 Å². The van der Waals surface area contributed by atoms with Crippen LogP contribution in [0.1, 0.15) is 15.9 Å². The molecule has 4 nitrogen and oxygen atoms in total. The molecule has 0 saturated heterocycles. The van der Waals surface area contributed by atoms with E-state index in [1.54, 1.807) is 12.3 Å². The number of halogens is 1. The van der Waals surface area contributed by atoms with Gasteiger partial charge in [0.1, 0.15) is 0 Å². The maximum atomic E-state index is 11.6. The molecule has 2 N–H and O–H groups in total. The average Bonchev–Trinajstić information content (AvgIpc) is 2.43. The first-order valence-corrected chi connectivity index (χ1v) is 5.20. The highest BCUT2D eigenvalue weighted by Crippen LogP contribution is 2.28. The second kappa shape index (κ2) is 2.93. The molecule has 1 aliphatic rings. The second-order valence-electron chi connectivity index (χ2n) is 3.28. The van der Waals surface area contributed by atoms with Gasteiger partial charge in [-0.2, -0.15) is 5.10 Å². The van der Waals surface area contributed by atoms with E-state index < -0.39 is 0 Å². The first kappa shape index (κ1) is 8.67. The molecule has 3 rings (SSSR count). The molecule has 2 heterocycles. The summed E-state index contributed by atoms with van der Waals surface area (Å²) in [4.78, 5) is 14.8. The normalized spacial score (nSPS) is 14.1. The third-order valence-electron chi connectivity index (χ3n) is 2.42. The number of nitrogens with one attached hydrogen (secondary N) is 2. The van der Waals surface area contributed by atoms with Gasteiger partial charge < -0.3 is 4.98 Å². The van der Waals surface area contributed by atoms with Crippen molar-refractivity contribution in [3.05, 3.63) is 33.9 Å². The summed E-state index contributed by atoms with van der Waals surface area (Å²) in [6, 6.07) is 5.56. The SMILES string of the molecule is O=C1NN=Cc2c(Br)[nH]c3cccc1c23.